The highest BCUT2D eigenvalue weighted by Crippen LogP contribution is 2.68. The summed E-state index contributed by atoms with van der Waals surface area (Å²) >= 11 is 0. The summed E-state index contributed by atoms with van der Waals surface area (Å²) in [6.07, 6.45) is 21.3. The molecule has 0 amide bonds. The molecule has 4 nitrogen and oxygen atoms in total. The Kier molecular flexibility index (Phi) is 6.84. The third kappa shape index (κ3) is 4.25. The molecule has 3 fully saturated rings. The number of hydrogen-bond acceptors (Lipinski definition) is 4. The molecule has 1 aromatic rings. The van der Waals surface area contributed by atoms with Crippen molar-refractivity contribution in [1.29, 1.82) is 0 Å². The predicted molar refractivity (Wildman–Crippen MR) is 155 cm³/mol. The molecule has 2 saturated carbocycles. The van der Waals surface area contributed by atoms with E-state index in [1.807, 2.05) is 6.07 Å². The van der Waals surface area contributed by atoms with Gasteiger partial charge in [0.05, 0.1) is 5.41 Å². The first-order chi connectivity index (χ1) is 19.6. The van der Waals surface area contributed by atoms with Crippen LogP contribution in [0.5, 0.6) is 0 Å². The van der Waals surface area contributed by atoms with Gasteiger partial charge in [0, 0.05) is 22.6 Å². The van der Waals surface area contributed by atoms with E-state index >= 15 is 0 Å². The van der Waals surface area contributed by atoms with Crippen molar-refractivity contribution in [2.75, 3.05) is 0 Å². The standard InChI is InChI=1S/C36H42O4/c1-2-23(20-25-12-7-4-8-13-25)21-31-36-19-18-26(22-29(36)34(37)40-31)27-16-17-28-30(39-35(38)32(28)33(27)36)15-9-14-24-10-5-3-6-11-24/h4,7-8,12-13,15,21-24,26-27,33H,2-3,5-6,9-11,14,16-20H2,1H3/t23-,26-,27+,33+,36+/m0/s1. The van der Waals surface area contributed by atoms with Gasteiger partial charge in [-0.15, -0.1) is 0 Å². The van der Waals surface area contributed by atoms with Crippen molar-refractivity contribution in [3.63, 3.8) is 0 Å². The van der Waals surface area contributed by atoms with Gasteiger partial charge in [-0.25, -0.2) is 9.59 Å². The van der Waals surface area contributed by atoms with E-state index in [0.717, 1.165) is 79.1 Å². The summed E-state index contributed by atoms with van der Waals surface area (Å²) in [6.45, 7) is 2.20. The fourth-order valence-corrected chi connectivity index (χ4v) is 9.08. The Bertz CT molecular complexity index is 1310. The number of rotatable bonds is 7. The van der Waals surface area contributed by atoms with Crippen molar-refractivity contribution < 1.29 is 19.1 Å². The Morgan fingerprint density at radius 3 is 2.62 bits per heavy atom. The Morgan fingerprint density at radius 2 is 1.82 bits per heavy atom. The van der Waals surface area contributed by atoms with Crippen molar-refractivity contribution in [3.8, 4) is 0 Å². The summed E-state index contributed by atoms with van der Waals surface area (Å²) in [5.41, 5.74) is 3.54. The second-order valence-electron chi connectivity index (χ2n) is 13.1. The summed E-state index contributed by atoms with van der Waals surface area (Å²) in [6, 6.07) is 10.6. The molecule has 1 aromatic carbocycles. The lowest BCUT2D eigenvalue weighted by Gasteiger charge is -2.54. The van der Waals surface area contributed by atoms with E-state index in [-0.39, 0.29) is 23.8 Å². The number of fused-ring (bicyclic) bond motifs is 1. The van der Waals surface area contributed by atoms with Crippen LogP contribution in [0.4, 0.5) is 0 Å². The number of carbonyl (C=O) groups is 2. The Balaban J connectivity index is 1.23. The van der Waals surface area contributed by atoms with Crippen molar-refractivity contribution in [2.45, 2.75) is 90.4 Å². The molecule has 40 heavy (non-hydrogen) atoms. The first-order valence-corrected chi connectivity index (χ1v) is 15.9. The second-order valence-corrected chi connectivity index (χ2v) is 13.1. The van der Waals surface area contributed by atoms with Gasteiger partial charge < -0.3 is 9.47 Å². The molecule has 5 atom stereocenters. The second kappa shape index (κ2) is 10.5. The van der Waals surface area contributed by atoms with Crippen LogP contribution in [0.15, 0.2) is 76.8 Å². The summed E-state index contributed by atoms with van der Waals surface area (Å²) < 4.78 is 12.2. The van der Waals surface area contributed by atoms with E-state index in [1.165, 1.54) is 44.1 Å². The lowest BCUT2D eigenvalue weighted by molar-refractivity contribution is -0.135. The van der Waals surface area contributed by atoms with E-state index < -0.39 is 5.41 Å². The van der Waals surface area contributed by atoms with Crippen LogP contribution in [0.3, 0.4) is 0 Å². The molecular formula is C36H42O4. The minimum Gasteiger partial charge on any atom is -0.427 e. The smallest absolute Gasteiger partial charge is 0.340 e. The SMILES string of the molecule is CC[C@H](C=C1OC(=O)C2=C[C@@H]3CC[C@]12[C@H]1C2=C(CC[C@H]31)C(=CCCC1CCCCC1)OC2=O)Cc1ccccc1. The first-order valence-electron chi connectivity index (χ1n) is 15.9. The van der Waals surface area contributed by atoms with E-state index in [1.54, 1.807) is 0 Å². The van der Waals surface area contributed by atoms with Crippen LogP contribution >= 0.6 is 0 Å². The van der Waals surface area contributed by atoms with Gasteiger partial charge in [0.25, 0.3) is 0 Å². The molecule has 1 spiro atoms. The predicted octanol–water partition coefficient (Wildman–Crippen LogP) is 8.16. The molecule has 0 unspecified atom stereocenters. The van der Waals surface area contributed by atoms with Crippen LogP contribution in [0.1, 0.15) is 89.5 Å². The van der Waals surface area contributed by atoms with Gasteiger partial charge in [-0.05, 0) is 92.8 Å². The number of hydrogen-bond donors (Lipinski definition) is 0. The van der Waals surface area contributed by atoms with Gasteiger partial charge in [-0.2, -0.15) is 0 Å². The molecule has 7 aliphatic rings. The largest absolute Gasteiger partial charge is 0.427 e. The van der Waals surface area contributed by atoms with Crippen LogP contribution in [-0.4, -0.2) is 11.9 Å². The maximum atomic E-state index is 13.6. The fraction of sp³-hybridized carbons (Fsp3) is 0.556. The van der Waals surface area contributed by atoms with E-state index in [9.17, 15) is 9.59 Å². The number of esters is 2. The van der Waals surface area contributed by atoms with Gasteiger partial charge in [0.1, 0.15) is 11.5 Å². The van der Waals surface area contributed by atoms with Crippen molar-refractivity contribution in [1.82, 2.24) is 0 Å². The maximum absolute atomic E-state index is 13.6. The zero-order valence-corrected chi connectivity index (χ0v) is 23.8. The Labute approximate surface area is 238 Å². The van der Waals surface area contributed by atoms with E-state index in [0.29, 0.717) is 11.8 Å². The number of allylic oxidation sites excluding steroid dienone is 5. The molecule has 2 heterocycles. The van der Waals surface area contributed by atoms with Crippen LogP contribution in [0.2, 0.25) is 0 Å². The summed E-state index contributed by atoms with van der Waals surface area (Å²) in [5, 5.41) is 0. The normalized spacial score (nSPS) is 33.9. The number of benzene rings is 1. The van der Waals surface area contributed by atoms with Crippen LogP contribution in [-0.2, 0) is 25.5 Å². The average molecular weight is 539 g/mol. The number of carbonyl (C=O) groups excluding carboxylic acids is 2. The van der Waals surface area contributed by atoms with Gasteiger partial charge in [-0.1, -0.05) is 75.4 Å². The topological polar surface area (TPSA) is 52.6 Å². The summed E-state index contributed by atoms with van der Waals surface area (Å²) in [7, 11) is 0. The third-order valence-corrected chi connectivity index (χ3v) is 11.1. The summed E-state index contributed by atoms with van der Waals surface area (Å²) in [5.74, 6) is 2.97. The van der Waals surface area contributed by atoms with Gasteiger partial charge >= 0.3 is 11.9 Å². The quantitative estimate of drug-likeness (QED) is 0.329. The molecular weight excluding hydrogens is 496 g/mol. The van der Waals surface area contributed by atoms with Crippen LogP contribution in [0.25, 0.3) is 0 Å². The zero-order chi connectivity index (χ0) is 27.3. The third-order valence-electron chi connectivity index (χ3n) is 11.1. The van der Waals surface area contributed by atoms with Crippen LogP contribution < -0.4 is 0 Å². The number of cyclic esters (lactones) is 2. The number of ether oxygens (including phenoxy) is 2. The molecule has 210 valence electrons. The first kappa shape index (κ1) is 26.0. The molecule has 4 heteroatoms. The van der Waals surface area contributed by atoms with Gasteiger partial charge in [-0.3, -0.25) is 0 Å². The zero-order valence-electron chi connectivity index (χ0n) is 23.8. The van der Waals surface area contributed by atoms with Gasteiger partial charge in [0.2, 0.25) is 0 Å². The highest BCUT2D eigenvalue weighted by atomic mass is 16.5. The lowest BCUT2D eigenvalue weighted by atomic mass is 9.46. The van der Waals surface area contributed by atoms with Crippen molar-refractivity contribution >= 4 is 11.9 Å². The molecule has 8 rings (SSSR count). The maximum Gasteiger partial charge on any atom is 0.340 e. The highest BCUT2D eigenvalue weighted by molar-refractivity contribution is 5.99. The molecule has 5 aliphatic carbocycles. The molecule has 2 aliphatic heterocycles. The Morgan fingerprint density at radius 1 is 1.00 bits per heavy atom. The molecule has 0 aromatic heterocycles. The Hall–Kier alpha value is -2.88. The highest BCUT2D eigenvalue weighted by Gasteiger charge is 2.66. The monoisotopic (exact) mass is 538 g/mol. The molecule has 1 saturated heterocycles. The summed E-state index contributed by atoms with van der Waals surface area (Å²) in [4.78, 5) is 27.0. The molecule has 2 bridgehead atoms. The minimum atomic E-state index is -0.530. The van der Waals surface area contributed by atoms with Gasteiger partial charge in [0.15, 0.2) is 0 Å². The van der Waals surface area contributed by atoms with Crippen molar-refractivity contribution in [3.05, 3.63) is 82.4 Å². The van der Waals surface area contributed by atoms with E-state index in [4.69, 9.17) is 9.47 Å². The minimum absolute atomic E-state index is 0.0290. The van der Waals surface area contributed by atoms with Crippen molar-refractivity contribution in [2.24, 2.45) is 35.0 Å². The molecule has 0 N–H and O–H groups in total. The molecule has 0 radical (unpaired) electrons. The van der Waals surface area contributed by atoms with Crippen LogP contribution in [0, 0.1) is 35.0 Å². The fourth-order valence-electron chi connectivity index (χ4n) is 9.08. The lowest BCUT2D eigenvalue weighted by Crippen LogP contribution is -2.50. The average Bonchev–Trinajstić information content (AvgIpc) is 3.47. The van der Waals surface area contributed by atoms with E-state index in [2.05, 4.69) is 49.4 Å².